The Kier molecular flexibility index (Phi) is 19.6. The molecule has 53 heavy (non-hydrogen) atoms. The monoisotopic (exact) mass is 746 g/mol. The number of anilines is 1. The van der Waals surface area contributed by atoms with Crippen LogP contribution in [-0.2, 0) is 49.3 Å². The normalized spacial score (nSPS) is 21.7. The number of aryl methyl sites for hydroxylation is 1. The summed E-state index contributed by atoms with van der Waals surface area (Å²) in [6.45, 7) is 9.06. The van der Waals surface area contributed by atoms with Crippen molar-refractivity contribution in [1.82, 2.24) is 14.9 Å². The van der Waals surface area contributed by atoms with Crippen LogP contribution < -0.4 is 15.8 Å². The van der Waals surface area contributed by atoms with E-state index in [0.717, 1.165) is 44.9 Å². The second kappa shape index (κ2) is 23.8. The van der Waals surface area contributed by atoms with Gasteiger partial charge in [0.1, 0.15) is 12.7 Å². The quantitative estimate of drug-likeness (QED) is 0.0722. The second-order valence-electron chi connectivity index (χ2n) is 13.9. The average Bonchev–Trinajstić information content (AvgIpc) is 3.10. The molecule has 0 radical (unpaired) electrons. The molecule has 298 valence electrons. The van der Waals surface area contributed by atoms with Crippen molar-refractivity contribution < 1.29 is 42.9 Å². The summed E-state index contributed by atoms with van der Waals surface area (Å²) in [5.41, 5.74) is 0.167. The third-order valence-corrected chi connectivity index (χ3v) is 9.34. The maximum Gasteiger partial charge on any atom is 0.303 e. The highest BCUT2D eigenvalue weighted by Gasteiger charge is 2.53. The van der Waals surface area contributed by atoms with Crippen LogP contribution in [0, 0.1) is 0 Å². The van der Waals surface area contributed by atoms with Crippen molar-refractivity contribution in [3.05, 3.63) is 34.3 Å². The zero-order valence-electron chi connectivity index (χ0n) is 32.5. The van der Waals surface area contributed by atoms with E-state index in [1.54, 1.807) is 4.57 Å². The van der Waals surface area contributed by atoms with Crippen LogP contribution in [0.4, 0.5) is 5.95 Å². The minimum atomic E-state index is -1.34. The van der Waals surface area contributed by atoms with Gasteiger partial charge < -0.3 is 33.9 Å². The van der Waals surface area contributed by atoms with E-state index < -0.39 is 60.1 Å². The molecule has 3 heterocycles. The third-order valence-electron chi connectivity index (χ3n) is 9.34. The standard InChI is InChI=1S/C39H62N4O10/c1-6-7-8-9-10-11-12-13-14-15-16-17-18-19-20-21-32-26-34(48)41-39(42-24-22-40-23-25-42)43(32)38-37(52-31(5)47)36(51-30(4)46)35(50-29(3)45)33(53-38)27-49-28(2)44/h13-14,26,33,35-38,40H,6-12,15-25,27H2,1-5H3/t33-,35-,36+,37-,38-/m1/s1. The number of aromatic nitrogens is 2. The number of esters is 4. The number of carbonyl (C=O) groups is 4. The molecule has 14 heteroatoms. The number of ether oxygens (including phenoxy) is 5. The molecular weight excluding hydrogens is 684 g/mol. The van der Waals surface area contributed by atoms with Crippen LogP contribution in [0.3, 0.4) is 0 Å². The molecule has 1 N–H and O–H groups in total. The van der Waals surface area contributed by atoms with E-state index in [0.29, 0.717) is 44.2 Å². The summed E-state index contributed by atoms with van der Waals surface area (Å²) in [5.74, 6) is -2.42. The number of piperazine rings is 1. The van der Waals surface area contributed by atoms with Crippen molar-refractivity contribution in [2.24, 2.45) is 0 Å². The predicted molar refractivity (Wildman–Crippen MR) is 199 cm³/mol. The summed E-state index contributed by atoms with van der Waals surface area (Å²) in [6.07, 6.45) is 13.8. The Bertz CT molecular complexity index is 1390. The highest BCUT2D eigenvalue weighted by atomic mass is 16.7. The van der Waals surface area contributed by atoms with Gasteiger partial charge in [-0.05, 0) is 38.5 Å². The Hall–Kier alpha value is -3.78. The molecule has 0 bridgehead atoms. The fourth-order valence-electron chi connectivity index (χ4n) is 6.87. The molecule has 0 spiro atoms. The Morgan fingerprint density at radius 2 is 1.32 bits per heavy atom. The summed E-state index contributed by atoms with van der Waals surface area (Å²) in [5, 5.41) is 3.30. The zero-order chi connectivity index (χ0) is 38.6. The van der Waals surface area contributed by atoms with Crippen molar-refractivity contribution in [1.29, 1.82) is 0 Å². The molecule has 2 saturated heterocycles. The molecule has 1 aromatic rings. The smallest absolute Gasteiger partial charge is 0.303 e. The van der Waals surface area contributed by atoms with Crippen LogP contribution in [-0.4, -0.2) is 90.6 Å². The Balaban J connectivity index is 1.85. The van der Waals surface area contributed by atoms with Crippen molar-refractivity contribution in [3.8, 4) is 0 Å². The number of allylic oxidation sites excluding steroid dienone is 2. The first-order chi connectivity index (χ1) is 25.5. The van der Waals surface area contributed by atoms with Crippen LogP contribution in [0.15, 0.2) is 23.0 Å². The summed E-state index contributed by atoms with van der Waals surface area (Å²) in [7, 11) is 0. The molecule has 3 rings (SSSR count). The van der Waals surface area contributed by atoms with Gasteiger partial charge in [-0.3, -0.25) is 28.5 Å². The van der Waals surface area contributed by atoms with Gasteiger partial charge in [-0.1, -0.05) is 70.4 Å². The minimum Gasteiger partial charge on any atom is -0.463 e. The van der Waals surface area contributed by atoms with Crippen LogP contribution in [0.2, 0.25) is 0 Å². The molecule has 0 amide bonds. The highest BCUT2D eigenvalue weighted by Crippen LogP contribution is 2.37. The molecule has 2 aliphatic rings. The van der Waals surface area contributed by atoms with E-state index >= 15 is 0 Å². The Morgan fingerprint density at radius 1 is 0.774 bits per heavy atom. The van der Waals surface area contributed by atoms with E-state index in [1.807, 2.05) is 4.90 Å². The van der Waals surface area contributed by atoms with E-state index in [1.165, 1.54) is 72.3 Å². The molecule has 0 aliphatic carbocycles. The van der Waals surface area contributed by atoms with Gasteiger partial charge >= 0.3 is 23.9 Å². The van der Waals surface area contributed by atoms with Crippen molar-refractivity contribution in [2.45, 2.75) is 155 Å². The van der Waals surface area contributed by atoms with Crippen molar-refractivity contribution >= 4 is 29.8 Å². The summed E-state index contributed by atoms with van der Waals surface area (Å²) in [4.78, 5) is 68.8. The summed E-state index contributed by atoms with van der Waals surface area (Å²) >= 11 is 0. The molecule has 2 fully saturated rings. The number of nitrogens with zero attached hydrogens (tertiary/aromatic N) is 3. The molecular formula is C39H62N4O10. The highest BCUT2D eigenvalue weighted by molar-refractivity contribution is 5.68. The largest absolute Gasteiger partial charge is 0.463 e. The van der Waals surface area contributed by atoms with Crippen molar-refractivity contribution in [3.63, 3.8) is 0 Å². The van der Waals surface area contributed by atoms with Crippen LogP contribution in [0.1, 0.15) is 130 Å². The third kappa shape index (κ3) is 15.2. The second-order valence-corrected chi connectivity index (χ2v) is 13.9. The van der Waals surface area contributed by atoms with Gasteiger partial charge in [0.25, 0.3) is 5.56 Å². The number of hydrogen-bond donors (Lipinski definition) is 1. The van der Waals surface area contributed by atoms with Gasteiger partial charge in [0.05, 0.1) is 0 Å². The first-order valence-corrected chi connectivity index (χ1v) is 19.5. The van der Waals surface area contributed by atoms with Gasteiger partial charge in [-0.25, -0.2) is 0 Å². The minimum absolute atomic E-state index is 0.308. The molecule has 14 nitrogen and oxygen atoms in total. The van der Waals surface area contributed by atoms with Crippen LogP contribution in [0.5, 0.6) is 0 Å². The number of nitrogens with one attached hydrogen (secondary N) is 1. The zero-order valence-corrected chi connectivity index (χ0v) is 32.5. The molecule has 2 aliphatic heterocycles. The number of hydrogen-bond acceptors (Lipinski definition) is 13. The number of rotatable bonds is 22. The molecule has 5 atom stereocenters. The molecule has 0 aromatic carbocycles. The van der Waals surface area contributed by atoms with E-state index in [-0.39, 0.29) is 6.61 Å². The lowest BCUT2D eigenvalue weighted by Crippen LogP contribution is -2.61. The lowest BCUT2D eigenvalue weighted by Gasteiger charge is -2.46. The van der Waals surface area contributed by atoms with Crippen LogP contribution in [0.25, 0.3) is 0 Å². The maximum absolute atomic E-state index is 13.1. The molecule has 0 unspecified atom stereocenters. The van der Waals surface area contributed by atoms with Crippen LogP contribution >= 0.6 is 0 Å². The SMILES string of the molecule is CCCCCCCCC=CCCCCCCCc1cc(=O)nc(N2CCNCC2)n1[C@@H]1O[C@H](COC(C)=O)[C@@H](OC(C)=O)[C@H](OC(C)=O)[C@H]1OC(C)=O. The lowest BCUT2D eigenvalue weighted by molar-refractivity contribution is -0.268. The van der Waals surface area contributed by atoms with E-state index in [2.05, 4.69) is 29.4 Å². The average molecular weight is 747 g/mol. The predicted octanol–water partition coefficient (Wildman–Crippen LogP) is 5.10. The fraction of sp³-hybridized carbons (Fsp3) is 0.744. The first-order valence-electron chi connectivity index (χ1n) is 19.5. The van der Waals surface area contributed by atoms with Gasteiger partial charge in [-0.15, -0.1) is 0 Å². The van der Waals surface area contributed by atoms with Gasteiger partial charge in [0.15, 0.2) is 24.5 Å². The first kappa shape index (κ1) is 43.6. The Labute approximate surface area is 314 Å². The van der Waals surface area contributed by atoms with Gasteiger partial charge in [0.2, 0.25) is 5.95 Å². The van der Waals surface area contributed by atoms with Crippen molar-refractivity contribution in [2.75, 3.05) is 37.7 Å². The summed E-state index contributed by atoms with van der Waals surface area (Å²) in [6, 6.07) is 1.45. The Morgan fingerprint density at radius 3 is 1.91 bits per heavy atom. The summed E-state index contributed by atoms with van der Waals surface area (Å²) < 4.78 is 30.7. The van der Waals surface area contributed by atoms with Gasteiger partial charge in [0, 0.05) is 65.6 Å². The lowest BCUT2D eigenvalue weighted by atomic mass is 9.96. The van der Waals surface area contributed by atoms with E-state index in [9.17, 15) is 24.0 Å². The molecule has 0 saturated carbocycles. The molecule has 1 aromatic heterocycles. The maximum atomic E-state index is 13.1. The number of carbonyl (C=O) groups excluding carboxylic acids is 4. The van der Waals surface area contributed by atoms with E-state index in [4.69, 9.17) is 23.7 Å². The fourth-order valence-corrected chi connectivity index (χ4v) is 6.87. The topological polar surface area (TPSA) is 165 Å². The van der Waals surface area contributed by atoms with Gasteiger partial charge in [-0.2, -0.15) is 4.98 Å². The number of unbranched alkanes of at least 4 members (excludes halogenated alkanes) is 11.